The molecule has 0 aliphatic heterocycles. The number of fused-ring (bicyclic) bond motifs is 1. The Balaban J connectivity index is 2.18. The van der Waals surface area contributed by atoms with Gasteiger partial charge in [-0.3, -0.25) is 10.2 Å². The summed E-state index contributed by atoms with van der Waals surface area (Å²) in [5.41, 5.74) is 4.43. The molecule has 1 aromatic carbocycles. The minimum atomic E-state index is -0.0449. The van der Waals surface area contributed by atoms with E-state index in [4.69, 9.17) is 4.42 Å². The van der Waals surface area contributed by atoms with Crippen LogP contribution in [0.15, 0.2) is 34.9 Å². The molecule has 0 fully saturated rings. The minimum Gasteiger partial charge on any atom is -0.464 e. The van der Waals surface area contributed by atoms with Gasteiger partial charge >= 0.3 is 0 Å². The Bertz CT molecular complexity index is 502. The smallest absolute Gasteiger partial charge is 0.238 e. The normalized spacial score (nSPS) is 10.9. The number of carbonyl (C=O) groups is 1. The van der Waals surface area contributed by atoms with E-state index in [9.17, 15) is 4.79 Å². The molecule has 0 bridgehead atoms. The highest BCUT2D eigenvalue weighted by Gasteiger charge is 2.09. The maximum Gasteiger partial charge on any atom is 0.238 e. The van der Waals surface area contributed by atoms with E-state index in [-0.39, 0.29) is 5.91 Å². The first-order valence-corrected chi connectivity index (χ1v) is 5.09. The van der Waals surface area contributed by atoms with E-state index in [0.29, 0.717) is 6.42 Å². The molecule has 1 aromatic heterocycles. The molecule has 1 N–H and O–H groups in total. The maximum atomic E-state index is 11.6. The van der Waals surface area contributed by atoms with Crippen LogP contribution in [0.3, 0.4) is 0 Å². The predicted octanol–water partition coefficient (Wildman–Crippen LogP) is 1.57. The molecule has 16 heavy (non-hydrogen) atoms. The number of rotatable bonds is 3. The van der Waals surface area contributed by atoms with Crippen molar-refractivity contribution in [2.75, 3.05) is 14.1 Å². The number of benzene rings is 1. The van der Waals surface area contributed by atoms with Crippen LogP contribution in [0.25, 0.3) is 11.0 Å². The van der Waals surface area contributed by atoms with Gasteiger partial charge in [0.15, 0.2) is 0 Å². The number of amides is 1. The highest BCUT2D eigenvalue weighted by molar-refractivity contribution is 5.87. The average Bonchev–Trinajstić information content (AvgIpc) is 2.61. The number of hydrogen-bond acceptors (Lipinski definition) is 3. The molecule has 0 unspecified atom stereocenters. The van der Waals surface area contributed by atoms with Gasteiger partial charge in [0.25, 0.3) is 0 Å². The maximum absolute atomic E-state index is 11.6. The molecular weight excluding hydrogens is 204 g/mol. The molecule has 1 amide bonds. The van der Waals surface area contributed by atoms with Gasteiger partial charge in [0.2, 0.25) is 5.91 Å². The van der Waals surface area contributed by atoms with Gasteiger partial charge in [-0.25, -0.2) is 5.01 Å². The summed E-state index contributed by atoms with van der Waals surface area (Å²) in [7, 11) is 3.57. The lowest BCUT2D eigenvalue weighted by Gasteiger charge is -2.10. The Hall–Kier alpha value is -1.81. The third-order valence-electron chi connectivity index (χ3n) is 2.26. The first-order valence-electron chi connectivity index (χ1n) is 5.09. The molecule has 0 radical (unpaired) electrons. The lowest BCUT2D eigenvalue weighted by atomic mass is 10.1. The predicted molar refractivity (Wildman–Crippen MR) is 61.7 cm³/mol. The van der Waals surface area contributed by atoms with Gasteiger partial charge in [-0.05, 0) is 6.07 Å². The van der Waals surface area contributed by atoms with Crippen molar-refractivity contribution in [1.29, 1.82) is 0 Å². The zero-order chi connectivity index (χ0) is 11.5. The van der Waals surface area contributed by atoms with Gasteiger partial charge < -0.3 is 4.42 Å². The highest BCUT2D eigenvalue weighted by Crippen LogP contribution is 2.20. The molecular formula is C12H14N2O2. The van der Waals surface area contributed by atoms with Crippen LogP contribution in [-0.4, -0.2) is 25.0 Å². The Labute approximate surface area is 93.8 Å². The summed E-state index contributed by atoms with van der Waals surface area (Å²) in [4.78, 5) is 11.6. The third-order valence-corrected chi connectivity index (χ3v) is 2.26. The van der Waals surface area contributed by atoms with Gasteiger partial charge in [-0.15, -0.1) is 0 Å². The second-order valence-corrected chi connectivity index (χ2v) is 3.86. The summed E-state index contributed by atoms with van der Waals surface area (Å²) < 4.78 is 5.36. The summed E-state index contributed by atoms with van der Waals surface area (Å²) in [5.74, 6) is -0.0449. The zero-order valence-corrected chi connectivity index (χ0v) is 9.36. The minimum absolute atomic E-state index is 0.0449. The van der Waals surface area contributed by atoms with Crippen LogP contribution in [0.4, 0.5) is 0 Å². The van der Waals surface area contributed by atoms with E-state index in [2.05, 4.69) is 5.43 Å². The van der Waals surface area contributed by atoms with Gasteiger partial charge in [0.05, 0.1) is 12.7 Å². The van der Waals surface area contributed by atoms with Crippen molar-refractivity contribution < 1.29 is 9.21 Å². The van der Waals surface area contributed by atoms with Gasteiger partial charge in [-0.1, -0.05) is 18.2 Å². The van der Waals surface area contributed by atoms with Crippen molar-refractivity contribution in [1.82, 2.24) is 10.4 Å². The molecule has 2 aromatic rings. The van der Waals surface area contributed by atoms with Crippen LogP contribution in [0.5, 0.6) is 0 Å². The van der Waals surface area contributed by atoms with E-state index < -0.39 is 0 Å². The van der Waals surface area contributed by atoms with Crippen LogP contribution < -0.4 is 5.43 Å². The van der Waals surface area contributed by atoms with Crippen LogP contribution in [0, 0.1) is 0 Å². The molecule has 4 nitrogen and oxygen atoms in total. The highest BCUT2D eigenvalue weighted by atomic mass is 16.3. The van der Waals surface area contributed by atoms with Crippen LogP contribution in [0.2, 0.25) is 0 Å². The van der Waals surface area contributed by atoms with Crippen LogP contribution in [0.1, 0.15) is 5.56 Å². The zero-order valence-electron chi connectivity index (χ0n) is 9.36. The van der Waals surface area contributed by atoms with Gasteiger partial charge in [-0.2, -0.15) is 0 Å². The molecule has 1 heterocycles. The topological polar surface area (TPSA) is 45.5 Å². The van der Waals surface area contributed by atoms with Gasteiger partial charge in [0, 0.05) is 25.0 Å². The Kier molecular flexibility index (Phi) is 2.92. The summed E-state index contributed by atoms with van der Waals surface area (Å²) in [6.45, 7) is 0. The van der Waals surface area contributed by atoms with Crippen molar-refractivity contribution in [2.45, 2.75) is 6.42 Å². The molecule has 0 spiro atoms. The molecule has 4 heteroatoms. The van der Waals surface area contributed by atoms with Crippen molar-refractivity contribution in [3.63, 3.8) is 0 Å². The molecule has 0 aliphatic rings. The van der Waals surface area contributed by atoms with Crippen LogP contribution in [-0.2, 0) is 11.2 Å². The Morgan fingerprint density at radius 2 is 2.12 bits per heavy atom. The van der Waals surface area contributed by atoms with Crippen molar-refractivity contribution in [3.05, 3.63) is 36.1 Å². The third kappa shape index (κ3) is 2.23. The summed E-state index contributed by atoms with van der Waals surface area (Å²) >= 11 is 0. The fourth-order valence-electron chi connectivity index (χ4n) is 1.63. The number of furan rings is 1. The second kappa shape index (κ2) is 4.37. The molecule has 0 saturated heterocycles. The van der Waals surface area contributed by atoms with E-state index in [1.54, 1.807) is 25.4 Å². The molecule has 0 atom stereocenters. The van der Waals surface area contributed by atoms with Gasteiger partial charge in [0.1, 0.15) is 5.58 Å². The molecule has 84 valence electrons. The number of para-hydroxylation sites is 1. The first kappa shape index (κ1) is 10.7. The SMILES string of the molecule is CN(C)NC(=O)Cc1coc2ccccc12. The monoisotopic (exact) mass is 218 g/mol. The largest absolute Gasteiger partial charge is 0.464 e. The number of nitrogens with zero attached hydrogens (tertiary/aromatic N) is 1. The first-order chi connectivity index (χ1) is 7.66. The van der Waals surface area contributed by atoms with E-state index in [1.165, 1.54) is 0 Å². The quantitative estimate of drug-likeness (QED) is 0.795. The Morgan fingerprint density at radius 3 is 2.88 bits per heavy atom. The summed E-state index contributed by atoms with van der Waals surface area (Å²) in [5, 5.41) is 2.63. The second-order valence-electron chi connectivity index (χ2n) is 3.86. The number of hydrazine groups is 1. The molecule has 0 aliphatic carbocycles. The van der Waals surface area contributed by atoms with Crippen molar-refractivity contribution in [3.8, 4) is 0 Å². The molecule has 0 saturated carbocycles. The number of nitrogens with one attached hydrogen (secondary N) is 1. The molecule has 2 rings (SSSR count). The average molecular weight is 218 g/mol. The van der Waals surface area contributed by atoms with E-state index in [1.807, 2.05) is 24.3 Å². The van der Waals surface area contributed by atoms with E-state index in [0.717, 1.165) is 16.5 Å². The Morgan fingerprint density at radius 1 is 1.38 bits per heavy atom. The summed E-state index contributed by atoms with van der Waals surface area (Å²) in [6.07, 6.45) is 1.97. The van der Waals surface area contributed by atoms with Crippen LogP contribution >= 0.6 is 0 Å². The fourth-order valence-corrected chi connectivity index (χ4v) is 1.63. The number of hydrogen-bond donors (Lipinski definition) is 1. The number of carbonyl (C=O) groups excluding carboxylic acids is 1. The standard InChI is InChI=1S/C12H14N2O2/c1-14(2)13-12(15)7-9-8-16-11-6-4-3-5-10(9)11/h3-6,8H,7H2,1-2H3,(H,13,15). The van der Waals surface area contributed by atoms with Crippen molar-refractivity contribution in [2.24, 2.45) is 0 Å². The summed E-state index contributed by atoms with van der Waals surface area (Å²) in [6, 6.07) is 7.69. The fraction of sp³-hybridized carbons (Fsp3) is 0.250. The van der Waals surface area contributed by atoms with E-state index >= 15 is 0 Å². The van der Waals surface area contributed by atoms with Crippen molar-refractivity contribution >= 4 is 16.9 Å². The lowest BCUT2D eigenvalue weighted by molar-refractivity contribution is -0.124. The lowest BCUT2D eigenvalue weighted by Crippen LogP contribution is -2.37.